The third kappa shape index (κ3) is 2.91. The molecule has 0 unspecified atom stereocenters. The van der Waals surface area contributed by atoms with Crippen LogP contribution in [0.15, 0.2) is 42.5 Å². The van der Waals surface area contributed by atoms with Gasteiger partial charge in [-0.2, -0.15) is 10.4 Å². The minimum absolute atomic E-state index is 0.433. The number of anilines is 1. The van der Waals surface area contributed by atoms with E-state index in [1.807, 2.05) is 18.2 Å². The van der Waals surface area contributed by atoms with E-state index in [2.05, 4.69) is 49.3 Å². The number of benzene rings is 2. The molecular formula is C19H20N4. The summed E-state index contributed by atoms with van der Waals surface area (Å²) in [5.74, 6) is 0.887. The predicted molar refractivity (Wildman–Crippen MR) is 92.9 cm³/mol. The molecule has 0 aliphatic heterocycles. The number of fused-ring (bicyclic) bond motifs is 1. The summed E-state index contributed by atoms with van der Waals surface area (Å²) in [5, 5.41) is 16.4. The summed E-state index contributed by atoms with van der Waals surface area (Å²) in [7, 11) is 0. The first-order valence-electron chi connectivity index (χ1n) is 7.82. The smallest absolute Gasteiger partial charge is 0.140 e. The van der Waals surface area contributed by atoms with Crippen molar-refractivity contribution in [2.24, 2.45) is 5.92 Å². The lowest BCUT2D eigenvalue weighted by Gasteiger charge is -2.08. The van der Waals surface area contributed by atoms with Crippen LogP contribution in [0.3, 0.4) is 0 Å². The minimum atomic E-state index is 0.433. The van der Waals surface area contributed by atoms with Crippen molar-refractivity contribution in [1.82, 2.24) is 9.78 Å². The number of nitrogens with zero attached hydrogens (tertiary/aromatic N) is 3. The highest BCUT2D eigenvalue weighted by atomic mass is 15.3. The first-order valence-corrected chi connectivity index (χ1v) is 7.82. The van der Waals surface area contributed by atoms with E-state index in [9.17, 15) is 5.26 Å². The van der Waals surface area contributed by atoms with Gasteiger partial charge in [0.2, 0.25) is 0 Å². The molecule has 0 aliphatic rings. The number of nitriles is 1. The maximum atomic E-state index is 9.38. The standard InChI is InChI=1S/C19H20N4/c1-13(2)10-18-17(11-20)19(21)23(22-18)12-15-8-5-7-14-6-3-4-9-16(14)15/h3-9,13H,10,12,21H2,1-2H3. The summed E-state index contributed by atoms with van der Waals surface area (Å²) >= 11 is 0. The van der Waals surface area contributed by atoms with Crippen molar-refractivity contribution in [1.29, 1.82) is 5.26 Å². The highest BCUT2D eigenvalue weighted by Gasteiger charge is 2.16. The van der Waals surface area contributed by atoms with Gasteiger partial charge in [-0.25, -0.2) is 4.68 Å². The van der Waals surface area contributed by atoms with E-state index in [1.165, 1.54) is 10.8 Å². The second-order valence-corrected chi connectivity index (χ2v) is 6.21. The summed E-state index contributed by atoms with van der Waals surface area (Å²) in [6.07, 6.45) is 0.760. The van der Waals surface area contributed by atoms with E-state index in [1.54, 1.807) is 4.68 Å². The highest BCUT2D eigenvalue weighted by molar-refractivity contribution is 5.85. The van der Waals surface area contributed by atoms with Gasteiger partial charge in [-0.05, 0) is 28.7 Å². The molecule has 0 aliphatic carbocycles. The second kappa shape index (κ2) is 6.13. The first kappa shape index (κ1) is 15.1. The predicted octanol–water partition coefficient (Wildman–Crippen LogP) is 3.74. The van der Waals surface area contributed by atoms with Crippen LogP contribution < -0.4 is 5.73 Å². The van der Waals surface area contributed by atoms with Crippen LogP contribution >= 0.6 is 0 Å². The van der Waals surface area contributed by atoms with Crippen LogP contribution in [0, 0.1) is 17.2 Å². The summed E-state index contributed by atoms with van der Waals surface area (Å²) < 4.78 is 1.75. The Morgan fingerprint density at radius 1 is 1.17 bits per heavy atom. The van der Waals surface area contributed by atoms with Gasteiger partial charge in [0.05, 0.1) is 12.2 Å². The van der Waals surface area contributed by atoms with Gasteiger partial charge in [-0.15, -0.1) is 0 Å². The maximum absolute atomic E-state index is 9.38. The van der Waals surface area contributed by atoms with E-state index >= 15 is 0 Å². The van der Waals surface area contributed by atoms with Crippen molar-refractivity contribution < 1.29 is 0 Å². The molecule has 0 fully saturated rings. The first-order chi connectivity index (χ1) is 11.1. The molecule has 0 bridgehead atoms. The molecule has 23 heavy (non-hydrogen) atoms. The molecule has 3 rings (SSSR count). The number of nitrogen functional groups attached to an aromatic ring is 1. The summed E-state index contributed by atoms with van der Waals surface area (Å²) in [4.78, 5) is 0. The van der Waals surface area contributed by atoms with E-state index in [-0.39, 0.29) is 0 Å². The molecule has 0 saturated carbocycles. The molecule has 4 nitrogen and oxygen atoms in total. The summed E-state index contributed by atoms with van der Waals surface area (Å²) in [5.41, 5.74) is 8.62. The van der Waals surface area contributed by atoms with Gasteiger partial charge in [-0.1, -0.05) is 56.3 Å². The minimum Gasteiger partial charge on any atom is -0.383 e. The number of aromatic nitrogens is 2. The number of hydrogen-bond donors (Lipinski definition) is 1. The van der Waals surface area contributed by atoms with Crippen LogP contribution in [0.1, 0.15) is 30.7 Å². The lowest BCUT2D eigenvalue weighted by atomic mass is 10.0. The summed E-state index contributed by atoms with van der Waals surface area (Å²) in [6, 6.07) is 16.7. The van der Waals surface area contributed by atoms with Crippen LogP contribution in [0.4, 0.5) is 5.82 Å². The van der Waals surface area contributed by atoms with Gasteiger partial charge in [-0.3, -0.25) is 0 Å². The Hall–Kier alpha value is -2.80. The molecule has 0 amide bonds. The fourth-order valence-electron chi connectivity index (χ4n) is 2.89. The second-order valence-electron chi connectivity index (χ2n) is 6.21. The lowest BCUT2D eigenvalue weighted by molar-refractivity contribution is 0.610. The largest absolute Gasteiger partial charge is 0.383 e. The Kier molecular flexibility index (Phi) is 4.03. The zero-order valence-corrected chi connectivity index (χ0v) is 13.5. The van der Waals surface area contributed by atoms with Crippen molar-refractivity contribution in [2.75, 3.05) is 5.73 Å². The molecule has 1 aromatic heterocycles. The average molecular weight is 304 g/mol. The zero-order chi connectivity index (χ0) is 16.4. The third-order valence-electron chi connectivity index (χ3n) is 3.98. The van der Waals surface area contributed by atoms with Gasteiger partial charge in [0.15, 0.2) is 0 Å². The Morgan fingerprint density at radius 2 is 1.91 bits per heavy atom. The Bertz CT molecular complexity index is 879. The van der Waals surface area contributed by atoms with Crippen molar-refractivity contribution in [3.8, 4) is 6.07 Å². The average Bonchev–Trinajstić information content (AvgIpc) is 2.82. The quantitative estimate of drug-likeness (QED) is 0.798. The normalized spacial score (nSPS) is 11.0. The SMILES string of the molecule is CC(C)Cc1nn(Cc2cccc3ccccc23)c(N)c1C#N. The van der Waals surface area contributed by atoms with Crippen LogP contribution in [-0.4, -0.2) is 9.78 Å². The maximum Gasteiger partial charge on any atom is 0.140 e. The van der Waals surface area contributed by atoms with Gasteiger partial charge >= 0.3 is 0 Å². The van der Waals surface area contributed by atoms with E-state index in [4.69, 9.17) is 5.73 Å². The molecule has 0 radical (unpaired) electrons. The molecule has 1 heterocycles. The molecule has 3 aromatic rings. The number of rotatable bonds is 4. The third-order valence-corrected chi connectivity index (χ3v) is 3.98. The van der Waals surface area contributed by atoms with E-state index in [0.717, 1.165) is 17.7 Å². The van der Waals surface area contributed by atoms with Crippen molar-refractivity contribution in [3.63, 3.8) is 0 Å². The van der Waals surface area contributed by atoms with Crippen molar-refractivity contribution >= 4 is 16.6 Å². The highest BCUT2D eigenvalue weighted by Crippen LogP contribution is 2.23. The fraction of sp³-hybridized carbons (Fsp3) is 0.263. The Labute approximate surface area is 136 Å². The van der Waals surface area contributed by atoms with Crippen LogP contribution in [-0.2, 0) is 13.0 Å². The van der Waals surface area contributed by atoms with Crippen LogP contribution in [0.25, 0.3) is 10.8 Å². The van der Waals surface area contributed by atoms with Crippen molar-refractivity contribution in [3.05, 3.63) is 59.3 Å². The molecule has 2 aromatic carbocycles. The monoisotopic (exact) mass is 304 g/mol. The van der Waals surface area contributed by atoms with Crippen molar-refractivity contribution in [2.45, 2.75) is 26.8 Å². The van der Waals surface area contributed by atoms with Gasteiger partial charge < -0.3 is 5.73 Å². The topological polar surface area (TPSA) is 67.6 Å². The van der Waals surface area contributed by atoms with E-state index in [0.29, 0.717) is 23.8 Å². The molecule has 116 valence electrons. The van der Waals surface area contributed by atoms with Crippen LogP contribution in [0.5, 0.6) is 0 Å². The molecule has 0 spiro atoms. The number of hydrogen-bond acceptors (Lipinski definition) is 3. The van der Waals surface area contributed by atoms with E-state index < -0.39 is 0 Å². The molecular weight excluding hydrogens is 284 g/mol. The van der Waals surface area contributed by atoms with Gasteiger partial charge in [0, 0.05) is 0 Å². The molecule has 2 N–H and O–H groups in total. The van der Waals surface area contributed by atoms with Crippen LogP contribution in [0.2, 0.25) is 0 Å². The lowest BCUT2D eigenvalue weighted by Crippen LogP contribution is -2.07. The van der Waals surface area contributed by atoms with Gasteiger partial charge in [0.25, 0.3) is 0 Å². The molecule has 0 atom stereocenters. The Balaban J connectivity index is 2.03. The fourth-order valence-corrected chi connectivity index (χ4v) is 2.89. The summed E-state index contributed by atoms with van der Waals surface area (Å²) in [6.45, 7) is 4.79. The zero-order valence-electron chi connectivity index (χ0n) is 13.5. The number of nitrogens with two attached hydrogens (primary N) is 1. The van der Waals surface area contributed by atoms with Gasteiger partial charge in [0.1, 0.15) is 17.5 Å². The Morgan fingerprint density at radius 3 is 2.65 bits per heavy atom. The molecule has 0 saturated heterocycles. The molecule has 4 heteroatoms.